The molecule has 0 aliphatic carbocycles. The van der Waals surface area contributed by atoms with Gasteiger partial charge in [-0.3, -0.25) is 4.79 Å². The normalized spacial score (nSPS) is 15.1. The third kappa shape index (κ3) is 4.63. The standard InChI is InChI=1S/C25H19F3N2O4/c1-2-33-22(31)15-34-21-13-12-16-8-6-7-11-18(16)19(21)14-20-23(25(26,27)28)29-30(24(20)32)17-9-4-3-5-10-17/h3-14H,2,15H2,1H3/b20-14-. The Morgan fingerprint density at radius 2 is 1.74 bits per heavy atom. The first-order chi connectivity index (χ1) is 16.3. The number of nitrogens with zero attached hydrogens (tertiary/aromatic N) is 2. The Morgan fingerprint density at radius 1 is 1.03 bits per heavy atom. The van der Waals surface area contributed by atoms with E-state index in [2.05, 4.69) is 5.10 Å². The summed E-state index contributed by atoms with van der Waals surface area (Å²) in [6.07, 6.45) is -3.76. The van der Waals surface area contributed by atoms with Crippen LogP contribution in [0.25, 0.3) is 16.8 Å². The molecular weight excluding hydrogens is 449 g/mol. The van der Waals surface area contributed by atoms with Gasteiger partial charge in [-0.05, 0) is 42.0 Å². The van der Waals surface area contributed by atoms with Crippen molar-refractivity contribution >= 4 is 40.1 Å². The minimum atomic E-state index is -4.87. The molecule has 1 aliphatic heterocycles. The third-order valence-electron chi connectivity index (χ3n) is 5.02. The van der Waals surface area contributed by atoms with Crippen LogP contribution in [0, 0.1) is 0 Å². The quantitative estimate of drug-likeness (QED) is 0.372. The van der Waals surface area contributed by atoms with E-state index in [9.17, 15) is 22.8 Å². The van der Waals surface area contributed by atoms with Crippen LogP contribution >= 0.6 is 0 Å². The second kappa shape index (κ2) is 9.38. The van der Waals surface area contributed by atoms with Gasteiger partial charge in [-0.25, -0.2) is 4.79 Å². The van der Waals surface area contributed by atoms with Gasteiger partial charge in [-0.1, -0.05) is 48.5 Å². The summed E-state index contributed by atoms with van der Waals surface area (Å²) in [5.41, 5.74) is -1.52. The van der Waals surface area contributed by atoms with Crippen LogP contribution < -0.4 is 9.75 Å². The van der Waals surface area contributed by atoms with E-state index in [1.54, 1.807) is 55.5 Å². The second-order valence-electron chi connectivity index (χ2n) is 7.25. The molecule has 1 heterocycles. The summed E-state index contributed by atoms with van der Waals surface area (Å²) in [5, 5.41) is 5.57. The Balaban J connectivity index is 1.84. The van der Waals surface area contributed by atoms with Crippen molar-refractivity contribution in [3.8, 4) is 5.75 Å². The number of anilines is 1. The molecule has 0 spiro atoms. The summed E-state index contributed by atoms with van der Waals surface area (Å²) >= 11 is 0. The van der Waals surface area contributed by atoms with Crippen molar-refractivity contribution in [2.75, 3.05) is 18.2 Å². The molecule has 0 atom stereocenters. The first-order valence-corrected chi connectivity index (χ1v) is 10.4. The van der Waals surface area contributed by atoms with E-state index >= 15 is 0 Å². The number of hydrogen-bond donors (Lipinski definition) is 0. The predicted octanol–water partition coefficient (Wildman–Crippen LogP) is 5.13. The number of carbonyl (C=O) groups excluding carboxylic acids is 2. The van der Waals surface area contributed by atoms with Crippen LogP contribution in [0.2, 0.25) is 0 Å². The highest BCUT2D eigenvalue weighted by Crippen LogP contribution is 2.36. The van der Waals surface area contributed by atoms with E-state index in [1.165, 1.54) is 18.2 Å². The lowest BCUT2D eigenvalue weighted by molar-refractivity contribution is -0.145. The zero-order valence-corrected chi connectivity index (χ0v) is 18.0. The van der Waals surface area contributed by atoms with Gasteiger partial charge in [0, 0.05) is 5.56 Å². The maximum atomic E-state index is 13.9. The van der Waals surface area contributed by atoms with Gasteiger partial charge in [0.05, 0.1) is 17.9 Å². The van der Waals surface area contributed by atoms with Crippen molar-refractivity contribution in [1.82, 2.24) is 0 Å². The molecular formula is C25H19F3N2O4. The molecule has 3 aromatic carbocycles. The Bertz CT molecular complexity index is 1300. The van der Waals surface area contributed by atoms with Gasteiger partial charge in [0.1, 0.15) is 5.75 Å². The summed E-state index contributed by atoms with van der Waals surface area (Å²) in [7, 11) is 0. The summed E-state index contributed by atoms with van der Waals surface area (Å²) in [4.78, 5) is 24.9. The fraction of sp³-hybridized carbons (Fsp3) is 0.160. The minimum absolute atomic E-state index is 0.131. The van der Waals surface area contributed by atoms with Crippen LogP contribution in [0.5, 0.6) is 5.75 Å². The van der Waals surface area contributed by atoms with Crippen LogP contribution in [0.1, 0.15) is 12.5 Å². The lowest BCUT2D eigenvalue weighted by Crippen LogP contribution is -2.25. The van der Waals surface area contributed by atoms with Gasteiger partial charge >= 0.3 is 12.1 Å². The Labute approximate surface area is 192 Å². The zero-order valence-electron chi connectivity index (χ0n) is 18.0. The van der Waals surface area contributed by atoms with Crippen LogP contribution in [0.4, 0.5) is 18.9 Å². The van der Waals surface area contributed by atoms with Crippen molar-refractivity contribution in [3.05, 3.63) is 77.9 Å². The lowest BCUT2D eigenvalue weighted by Gasteiger charge is -2.13. The van der Waals surface area contributed by atoms with Crippen molar-refractivity contribution in [1.29, 1.82) is 0 Å². The number of benzene rings is 3. The Kier molecular flexibility index (Phi) is 6.36. The van der Waals surface area contributed by atoms with E-state index in [0.717, 1.165) is 11.1 Å². The second-order valence-corrected chi connectivity index (χ2v) is 7.25. The van der Waals surface area contributed by atoms with Crippen LogP contribution in [-0.4, -0.2) is 37.0 Å². The van der Waals surface area contributed by atoms with Gasteiger partial charge < -0.3 is 9.47 Å². The number of alkyl halides is 3. The molecule has 1 amide bonds. The number of hydrazone groups is 1. The predicted molar refractivity (Wildman–Crippen MR) is 121 cm³/mol. The number of esters is 1. The highest BCUT2D eigenvalue weighted by molar-refractivity contribution is 6.34. The molecule has 0 radical (unpaired) electrons. The van der Waals surface area contributed by atoms with Gasteiger partial charge in [-0.15, -0.1) is 0 Å². The molecule has 4 rings (SSSR count). The third-order valence-corrected chi connectivity index (χ3v) is 5.02. The maximum Gasteiger partial charge on any atom is 0.435 e. The van der Waals surface area contributed by atoms with Gasteiger partial charge in [-0.2, -0.15) is 23.3 Å². The molecule has 0 fully saturated rings. The number of rotatable bonds is 6. The van der Waals surface area contributed by atoms with Gasteiger partial charge in [0.25, 0.3) is 5.91 Å². The van der Waals surface area contributed by atoms with E-state index < -0.39 is 35.9 Å². The first kappa shape index (κ1) is 23.0. The summed E-state index contributed by atoms with van der Waals surface area (Å²) in [6, 6.07) is 18.1. The van der Waals surface area contributed by atoms with E-state index in [0.29, 0.717) is 10.8 Å². The molecule has 34 heavy (non-hydrogen) atoms. The molecule has 1 aliphatic rings. The molecule has 3 aromatic rings. The summed E-state index contributed by atoms with van der Waals surface area (Å²) < 4.78 is 52.1. The smallest absolute Gasteiger partial charge is 0.435 e. The van der Waals surface area contributed by atoms with E-state index in [1.807, 2.05) is 0 Å². The molecule has 174 valence electrons. The van der Waals surface area contributed by atoms with Gasteiger partial charge in [0.2, 0.25) is 0 Å². The average Bonchev–Trinajstić information content (AvgIpc) is 3.16. The van der Waals surface area contributed by atoms with Crippen LogP contribution in [0.15, 0.2) is 77.4 Å². The monoisotopic (exact) mass is 468 g/mol. The number of para-hydroxylation sites is 1. The highest BCUT2D eigenvalue weighted by atomic mass is 19.4. The summed E-state index contributed by atoms with van der Waals surface area (Å²) in [6.45, 7) is 1.37. The zero-order chi connectivity index (χ0) is 24.3. The Morgan fingerprint density at radius 3 is 2.44 bits per heavy atom. The number of hydrogen-bond acceptors (Lipinski definition) is 5. The maximum absolute atomic E-state index is 13.9. The number of carbonyl (C=O) groups is 2. The number of ether oxygens (including phenoxy) is 2. The molecule has 0 saturated carbocycles. The van der Waals surface area contributed by atoms with Crippen molar-refractivity contribution < 1.29 is 32.2 Å². The van der Waals surface area contributed by atoms with Crippen molar-refractivity contribution in [3.63, 3.8) is 0 Å². The average molecular weight is 468 g/mol. The number of fused-ring (bicyclic) bond motifs is 1. The number of halogens is 3. The van der Waals surface area contributed by atoms with E-state index in [-0.39, 0.29) is 23.6 Å². The largest absolute Gasteiger partial charge is 0.481 e. The molecule has 0 unspecified atom stereocenters. The number of amides is 1. The van der Waals surface area contributed by atoms with E-state index in [4.69, 9.17) is 9.47 Å². The summed E-state index contributed by atoms with van der Waals surface area (Å²) in [5.74, 6) is -1.42. The van der Waals surface area contributed by atoms with Gasteiger partial charge in [0.15, 0.2) is 12.3 Å². The SMILES string of the molecule is CCOC(=O)COc1ccc2ccccc2c1/C=C1\C(=O)N(c2ccccc2)N=C1C(F)(F)F. The highest BCUT2D eigenvalue weighted by Gasteiger charge is 2.47. The molecule has 0 saturated heterocycles. The van der Waals surface area contributed by atoms with Crippen LogP contribution in [0.3, 0.4) is 0 Å². The molecule has 0 bridgehead atoms. The molecule has 0 N–H and O–H groups in total. The topological polar surface area (TPSA) is 68.2 Å². The fourth-order valence-corrected chi connectivity index (χ4v) is 3.53. The molecule has 0 aromatic heterocycles. The molecule has 9 heteroatoms. The fourth-order valence-electron chi connectivity index (χ4n) is 3.53. The Hall–Kier alpha value is -4.14. The van der Waals surface area contributed by atoms with Crippen molar-refractivity contribution in [2.45, 2.75) is 13.1 Å². The van der Waals surface area contributed by atoms with Crippen LogP contribution in [-0.2, 0) is 14.3 Å². The lowest BCUT2D eigenvalue weighted by atomic mass is 9.99. The molecule has 6 nitrogen and oxygen atoms in total. The minimum Gasteiger partial charge on any atom is -0.481 e. The van der Waals surface area contributed by atoms with Crippen molar-refractivity contribution in [2.24, 2.45) is 5.10 Å². The first-order valence-electron chi connectivity index (χ1n) is 10.4.